The molecule has 0 radical (unpaired) electrons. The number of benzene rings is 1. The highest BCUT2D eigenvalue weighted by molar-refractivity contribution is 5.83. The lowest BCUT2D eigenvalue weighted by atomic mass is 9.77. The van der Waals surface area contributed by atoms with E-state index in [-0.39, 0.29) is 5.41 Å². The Labute approximate surface area is 166 Å². The number of aromatic nitrogens is 4. The summed E-state index contributed by atoms with van der Waals surface area (Å²) in [4.78, 5) is 15.1. The first kappa shape index (κ1) is 18.0. The van der Waals surface area contributed by atoms with Crippen molar-refractivity contribution in [3.05, 3.63) is 29.8 Å². The van der Waals surface area contributed by atoms with Gasteiger partial charge in [-0.05, 0) is 87.2 Å². The van der Waals surface area contributed by atoms with E-state index in [2.05, 4.69) is 43.7 Å². The summed E-state index contributed by atoms with van der Waals surface area (Å²) in [6, 6.07) is 9.20. The van der Waals surface area contributed by atoms with Gasteiger partial charge in [0.15, 0.2) is 0 Å². The third-order valence-corrected chi connectivity index (χ3v) is 7.82. The van der Waals surface area contributed by atoms with Crippen molar-refractivity contribution in [3.8, 4) is 11.4 Å². The molecule has 3 atom stereocenters. The predicted molar refractivity (Wildman–Crippen MR) is 107 cm³/mol. The van der Waals surface area contributed by atoms with Gasteiger partial charge >= 0.3 is 0 Å². The molecule has 1 aliphatic heterocycles. The van der Waals surface area contributed by atoms with E-state index < -0.39 is 0 Å². The normalized spacial score (nSPS) is 31.2. The average Bonchev–Trinajstić information content (AvgIpc) is 3.44. The molecule has 2 aromatic rings. The molecule has 3 fully saturated rings. The van der Waals surface area contributed by atoms with Crippen molar-refractivity contribution in [1.82, 2.24) is 25.5 Å². The van der Waals surface area contributed by atoms with Crippen molar-refractivity contribution in [2.45, 2.75) is 63.8 Å². The van der Waals surface area contributed by atoms with E-state index in [0.29, 0.717) is 29.5 Å². The molecule has 0 bridgehead atoms. The van der Waals surface area contributed by atoms with Gasteiger partial charge < -0.3 is 4.90 Å². The van der Waals surface area contributed by atoms with Crippen LogP contribution in [0.1, 0.15) is 63.4 Å². The lowest BCUT2D eigenvalue weighted by Gasteiger charge is -2.37. The third-order valence-electron chi connectivity index (χ3n) is 7.82. The van der Waals surface area contributed by atoms with Crippen LogP contribution in [0.3, 0.4) is 0 Å². The van der Waals surface area contributed by atoms with Crippen LogP contribution in [0.2, 0.25) is 0 Å². The number of H-pyrrole nitrogens is 1. The second-order valence-electron chi connectivity index (χ2n) is 9.07. The lowest BCUT2D eigenvalue weighted by Crippen LogP contribution is -2.41. The van der Waals surface area contributed by atoms with E-state index in [1.165, 1.54) is 37.7 Å². The Bertz CT molecular complexity index is 842. The van der Waals surface area contributed by atoms with Crippen LogP contribution in [-0.4, -0.2) is 50.4 Å². The van der Waals surface area contributed by atoms with Crippen molar-refractivity contribution in [1.29, 1.82) is 0 Å². The van der Waals surface area contributed by atoms with E-state index in [0.717, 1.165) is 31.5 Å². The highest BCUT2D eigenvalue weighted by Crippen LogP contribution is 2.56. The summed E-state index contributed by atoms with van der Waals surface area (Å²) in [6.07, 6.45) is 8.34. The topological polar surface area (TPSA) is 74.8 Å². The fourth-order valence-electron chi connectivity index (χ4n) is 6.29. The predicted octanol–water partition coefficient (Wildman–Crippen LogP) is 3.58. The standard InChI is InChI=1S/C22H29N5O/c1-15(28)22-9-3-6-19(22)13-20(14-22)27-10-7-16(8-11-27)17-4-2-5-18(12-17)21-23-25-26-24-21/h2,4-5,12,16,19-20H,3,6-11,13-14H2,1H3,(H,23,24,25,26)/t19?,20-,22?/m0/s1. The quantitative estimate of drug-likeness (QED) is 0.879. The number of fused-ring (bicyclic) bond motifs is 1. The number of carbonyl (C=O) groups is 1. The zero-order chi connectivity index (χ0) is 19.1. The maximum Gasteiger partial charge on any atom is 0.204 e. The Kier molecular flexibility index (Phi) is 4.54. The smallest absolute Gasteiger partial charge is 0.204 e. The highest BCUT2D eigenvalue weighted by Gasteiger charge is 2.54. The Morgan fingerprint density at radius 3 is 2.82 bits per heavy atom. The molecule has 1 N–H and O–H groups in total. The summed E-state index contributed by atoms with van der Waals surface area (Å²) in [5.41, 5.74) is 2.42. The van der Waals surface area contributed by atoms with Crippen LogP contribution in [0.15, 0.2) is 24.3 Å². The van der Waals surface area contributed by atoms with Crippen molar-refractivity contribution >= 4 is 5.78 Å². The third kappa shape index (κ3) is 2.98. The number of rotatable bonds is 4. The maximum absolute atomic E-state index is 12.4. The summed E-state index contributed by atoms with van der Waals surface area (Å²) in [5.74, 6) is 2.34. The number of nitrogens with one attached hydrogen (secondary N) is 1. The van der Waals surface area contributed by atoms with Gasteiger partial charge in [0, 0.05) is 17.0 Å². The number of ketones is 1. The molecule has 0 amide bonds. The fourth-order valence-corrected chi connectivity index (χ4v) is 6.29. The molecule has 2 heterocycles. The SMILES string of the molecule is CC(=O)C12CCCC1C[C@H](N1CCC(c3cccc(-c4nn[nH]n4)c3)CC1)C2. The average molecular weight is 380 g/mol. The first-order valence-electron chi connectivity index (χ1n) is 10.7. The van der Waals surface area contributed by atoms with Gasteiger partial charge in [-0.15, -0.1) is 10.2 Å². The van der Waals surface area contributed by atoms with E-state index in [1.807, 2.05) is 13.0 Å². The van der Waals surface area contributed by atoms with Gasteiger partial charge in [-0.1, -0.05) is 24.6 Å². The Morgan fingerprint density at radius 2 is 2.11 bits per heavy atom. The number of carbonyl (C=O) groups excluding carboxylic acids is 1. The summed E-state index contributed by atoms with van der Waals surface area (Å²) in [5, 5.41) is 14.4. The van der Waals surface area contributed by atoms with Crippen molar-refractivity contribution in [3.63, 3.8) is 0 Å². The Balaban J connectivity index is 1.24. The zero-order valence-corrected chi connectivity index (χ0v) is 16.6. The molecule has 1 aromatic carbocycles. The molecule has 2 aliphatic carbocycles. The van der Waals surface area contributed by atoms with Gasteiger partial charge in [-0.2, -0.15) is 5.21 Å². The van der Waals surface area contributed by atoms with Crippen LogP contribution in [0, 0.1) is 11.3 Å². The number of hydrogen-bond acceptors (Lipinski definition) is 5. The lowest BCUT2D eigenvalue weighted by molar-refractivity contribution is -0.127. The minimum atomic E-state index is 0.0143. The van der Waals surface area contributed by atoms with E-state index >= 15 is 0 Å². The highest BCUT2D eigenvalue weighted by atomic mass is 16.1. The molecular weight excluding hydrogens is 350 g/mol. The molecule has 5 rings (SSSR count). The second-order valence-corrected chi connectivity index (χ2v) is 9.07. The summed E-state index contributed by atoms with van der Waals surface area (Å²) >= 11 is 0. The van der Waals surface area contributed by atoms with Crippen molar-refractivity contribution in [2.24, 2.45) is 11.3 Å². The number of tetrazole rings is 1. The zero-order valence-electron chi connectivity index (χ0n) is 16.6. The Morgan fingerprint density at radius 1 is 1.25 bits per heavy atom. The molecule has 6 nitrogen and oxygen atoms in total. The summed E-state index contributed by atoms with van der Waals surface area (Å²) in [7, 11) is 0. The number of piperidine rings is 1. The van der Waals surface area contributed by atoms with Crippen LogP contribution in [-0.2, 0) is 4.79 Å². The maximum atomic E-state index is 12.4. The largest absolute Gasteiger partial charge is 0.300 e. The molecule has 148 valence electrons. The van der Waals surface area contributed by atoms with Gasteiger partial charge in [0.2, 0.25) is 5.82 Å². The number of nitrogens with zero attached hydrogens (tertiary/aromatic N) is 4. The fraction of sp³-hybridized carbons (Fsp3) is 0.636. The number of likely N-dealkylation sites (tertiary alicyclic amines) is 1. The number of aromatic amines is 1. The summed E-state index contributed by atoms with van der Waals surface area (Å²) < 4.78 is 0. The van der Waals surface area contributed by atoms with Gasteiger partial charge in [-0.3, -0.25) is 4.79 Å². The monoisotopic (exact) mass is 379 g/mol. The van der Waals surface area contributed by atoms with E-state index in [1.54, 1.807) is 0 Å². The van der Waals surface area contributed by atoms with Gasteiger partial charge in [0.25, 0.3) is 0 Å². The van der Waals surface area contributed by atoms with Crippen LogP contribution in [0.5, 0.6) is 0 Å². The molecule has 28 heavy (non-hydrogen) atoms. The van der Waals surface area contributed by atoms with Crippen LogP contribution >= 0.6 is 0 Å². The van der Waals surface area contributed by atoms with Gasteiger partial charge in [0.05, 0.1) is 0 Å². The molecule has 0 spiro atoms. The van der Waals surface area contributed by atoms with Crippen LogP contribution < -0.4 is 0 Å². The molecule has 2 saturated carbocycles. The number of Topliss-reactive ketones (excluding diaryl/α,β-unsaturated/α-hetero) is 1. The first-order valence-corrected chi connectivity index (χ1v) is 10.7. The van der Waals surface area contributed by atoms with Gasteiger partial charge in [0.1, 0.15) is 5.78 Å². The first-order chi connectivity index (χ1) is 13.7. The van der Waals surface area contributed by atoms with E-state index in [9.17, 15) is 4.79 Å². The minimum Gasteiger partial charge on any atom is -0.300 e. The van der Waals surface area contributed by atoms with Crippen LogP contribution in [0.25, 0.3) is 11.4 Å². The number of hydrogen-bond donors (Lipinski definition) is 1. The molecule has 1 aromatic heterocycles. The molecular formula is C22H29N5O. The van der Waals surface area contributed by atoms with Gasteiger partial charge in [-0.25, -0.2) is 0 Å². The minimum absolute atomic E-state index is 0.0143. The van der Waals surface area contributed by atoms with E-state index in [4.69, 9.17) is 0 Å². The summed E-state index contributed by atoms with van der Waals surface area (Å²) in [6.45, 7) is 4.12. The molecule has 3 aliphatic rings. The molecule has 2 unspecified atom stereocenters. The second kappa shape index (κ2) is 7.07. The Hall–Kier alpha value is -2.08. The van der Waals surface area contributed by atoms with Crippen LogP contribution in [0.4, 0.5) is 0 Å². The molecule has 1 saturated heterocycles. The van der Waals surface area contributed by atoms with Crippen molar-refractivity contribution in [2.75, 3.05) is 13.1 Å². The molecule has 6 heteroatoms. The van der Waals surface area contributed by atoms with Crippen molar-refractivity contribution < 1.29 is 4.79 Å².